The van der Waals surface area contributed by atoms with Gasteiger partial charge in [0.25, 0.3) is 0 Å². The Labute approximate surface area is 145 Å². The maximum Gasteiger partial charge on any atom is 0.226 e. The standard InChI is InChI=1S/C20H30N2O2/c1-16(23)18-9-6-12-22(15-18)20(24)19-10-5-11-21(14-19)13-17-7-3-2-4-8-17/h2-4,7-8,16,18-19,23H,5-6,9-15H2,1H3. The highest BCUT2D eigenvalue weighted by molar-refractivity contribution is 5.79. The summed E-state index contributed by atoms with van der Waals surface area (Å²) in [4.78, 5) is 17.4. The highest BCUT2D eigenvalue weighted by Crippen LogP contribution is 2.25. The molecule has 4 heteroatoms. The lowest BCUT2D eigenvalue weighted by molar-refractivity contribution is -0.140. The number of hydrogen-bond acceptors (Lipinski definition) is 3. The molecule has 24 heavy (non-hydrogen) atoms. The molecule has 2 aliphatic heterocycles. The molecule has 2 heterocycles. The van der Waals surface area contributed by atoms with E-state index < -0.39 is 0 Å². The summed E-state index contributed by atoms with van der Waals surface area (Å²) in [5.41, 5.74) is 1.32. The number of amides is 1. The smallest absolute Gasteiger partial charge is 0.226 e. The molecule has 3 unspecified atom stereocenters. The van der Waals surface area contributed by atoms with E-state index in [0.29, 0.717) is 5.91 Å². The minimum absolute atomic E-state index is 0.121. The third-order valence-corrected chi connectivity index (χ3v) is 5.56. The van der Waals surface area contributed by atoms with Crippen molar-refractivity contribution >= 4 is 5.91 Å². The van der Waals surface area contributed by atoms with Crippen LogP contribution in [-0.2, 0) is 11.3 Å². The van der Waals surface area contributed by atoms with Crippen LogP contribution in [-0.4, -0.2) is 53.1 Å². The number of benzene rings is 1. The lowest BCUT2D eigenvalue weighted by Gasteiger charge is -2.39. The predicted molar refractivity (Wildman–Crippen MR) is 95.4 cm³/mol. The molecule has 1 aromatic carbocycles. The van der Waals surface area contributed by atoms with Crippen molar-refractivity contribution in [3.8, 4) is 0 Å². The summed E-state index contributed by atoms with van der Waals surface area (Å²) >= 11 is 0. The average molecular weight is 330 g/mol. The number of aliphatic hydroxyl groups is 1. The first-order chi connectivity index (χ1) is 11.6. The van der Waals surface area contributed by atoms with Crippen LogP contribution in [0.15, 0.2) is 30.3 Å². The van der Waals surface area contributed by atoms with E-state index in [1.807, 2.05) is 17.9 Å². The molecule has 1 amide bonds. The van der Waals surface area contributed by atoms with Gasteiger partial charge in [0.05, 0.1) is 12.0 Å². The molecule has 0 spiro atoms. The highest BCUT2D eigenvalue weighted by atomic mass is 16.3. The fourth-order valence-electron chi connectivity index (χ4n) is 4.10. The Hall–Kier alpha value is -1.39. The Bertz CT molecular complexity index is 532. The van der Waals surface area contributed by atoms with Crippen LogP contribution in [0.2, 0.25) is 0 Å². The minimum atomic E-state index is -0.318. The summed E-state index contributed by atoms with van der Waals surface area (Å²) < 4.78 is 0. The third-order valence-electron chi connectivity index (χ3n) is 5.56. The zero-order chi connectivity index (χ0) is 16.9. The van der Waals surface area contributed by atoms with Crippen molar-refractivity contribution in [1.29, 1.82) is 0 Å². The molecular formula is C20H30N2O2. The number of carbonyl (C=O) groups excluding carboxylic acids is 1. The number of rotatable bonds is 4. The van der Waals surface area contributed by atoms with E-state index in [1.54, 1.807) is 0 Å². The van der Waals surface area contributed by atoms with Crippen molar-refractivity contribution in [3.63, 3.8) is 0 Å². The van der Waals surface area contributed by atoms with Gasteiger partial charge < -0.3 is 10.0 Å². The Kier molecular flexibility index (Phi) is 5.90. The second-order valence-electron chi connectivity index (χ2n) is 7.49. The van der Waals surface area contributed by atoms with E-state index in [1.165, 1.54) is 5.56 Å². The van der Waals surface area contributed by atoms with Crippen molar-refractivity contribution in [2.24, 2.45) is 11.8 Å². The molecule has 0 bridgehead atoms. The Morgan fingerprint density at radius 3 is 2.67 bits per heavy atom. The molecule has 1 aromatic rings. The van der Waals surface area contributed by atoms with Crippen LogP contribution in [0, 0.1) is 11.8 Å². The highest BCUT2D eigenvalue weighted by Gasteiger charge is 2.32. The van der Waals surface area contributed by atoms with Gasteiger partial charge in [0.15, 0.2) is 0 Å². The number of aliphatic hydroxyl groups excluding tert-OH is 1. The van der Waals surface area contributed by atoms with E-state index in [-0.39, 0.29) is 17.9 Å². The number of likely N-dealkylation sites (tertiary alicyclic amines) is 2. The summed E-state index contributed by atoms with van der Waals surface area (Å²) in [5.74, 6) is 0.667. The van der Waals surface area contributed by atoms with Gasteiger partial charge in [0.2, 0.25) is 5.91 Å². The Morgan fingerprint density at radius 1 is 1.17 bits per heavy atom. The first-order valence-electron chi connectivity index (χ1n) is 9.36. The molecule has 3 rings (SSSR count). The maximum absolute atomic E-state index is 12.9. The first kappa shape index (κ1) is 17.4. The van der Waals surface area contributed by atoms with E-state index >= 15 is 0 Å². The van der Waals surface area contributed by atoms with Crippen molar-refractivity contribution in [2.75, 3.05) is 26.2 Å². The summed E-state index contributed by atoms with van der Waals surface area (Å²) in [6, 6.07) is 10.5. The van der Waals surface area contributed by atoms with Crippen LogP contribution in [0.1, 0.15) is 38.2 Å². The summed E-state index contributed by atoms with van der Waals surface area (Å²) in [6.45, 7) is 6.31. The maximum atomic E-state index is 12.9. The molecule has 2 fully saturated rings. The second-order valence-corrected chi connectivity index (χ2v) is 7.49. The van der Waals surface area contributed by atoms with Crippen molar-refractivity contribution in [3.05, 3.63) is 35.9 Å². The molecule has 132 valence electrons. The van der Waals surface area contributed by atoms with Crippen LogP contribution in [0.25, 0.3) is 0 Å². The molecule has 4 nitrogen and oxygen atoms in total. The lowest BCUT2D eigenvalue weighted by atomic mass is 9.90. The van der Waals surface area contributed by atoms with Crippen LogP contribution in [0.3, 0.4) is 0 Å². The van der Waals surface area contributed by atoms with Crippen LogP contribution < -0.4 is 0 Å². The lowest BCUT2D eigenvalue weighted by Crippen LogP contribution is -2.49. The molecule has 2 aliphatic rings. The zero-order valence-corrected chi connectivity index (χ0v) is 14.7. The van der Waals surface area contributed by atoms with E-state index in [2.05, 4.69) is 29.2 Å². The van der Waals surface area contributed by atoms with Crippen molar-refractivity contribution in [1.82, 2.24) is 9.80 Å². The van der Waals surface area contributed by atoms with Gasteiger partial charge in [-0.15, -0.1) is 0 Å². The third kappa shape index (κ3) is 4.37. The zero-order valence-electron chi connectivity index (χ0n) is 14.7. The molecule has 0 aliphatic carbocycles. The van der Waals surface area contributed by atoms with Gasteiger partial charge in [-0.25, -0.2) is 0 Å². The van der Waals surface area contributed by atoms with Gasteiger partial charge >= 0.3 is 0 Å². The van der Waals surface area contributed by atoms with Gasteiger partial charge in [-0.3, -0.25) is 9.69 Å². The second kappa shape index (κ2) is 8.13. The molecule has 2 saturated heterocycles. The molecule has 0 radical (unpaired) electrons. The predicted octanol–water partition coefficient (Wildman–Crippen LogP) is 2.52. The average Bonchev–Trinajstić information content (AvgIpc) is 2.62. The fraction of sp³-hybridized carbons (Fsp3) is 0.650. The van der Waals surface area contributed by atoms with Crippen LogP contribution >= 0.6 is 0 Å². The summed E-state index contributed by atoms with van der Waals surface area (Å²) in [5, 5.41) is 9.85. The number of nitrogens with zero attached hydrogens (tertiary/aromatic N) is 2. The van der Waals surface area contributed by atoms with E-state index in [9.17, 15) is 9.90 Å². The van der Waals surface area contributed by atoms with E-state index in [4.69, 9.17) is 0 Å². The molecular weight excluding hydrogens is 300 g/mol. The van der Waals surface area contributed by atoms with Crippen molar-refractivity contribution < 1.29 is 9.90 Å². The van der Waals surface area contributed by atoms with Crippen molar-refractivity contribution in [2.45, 2.75) is 45.3 Å². The minimum Gasteiger partial charge on any atom is -0.393 e. The normalized spacial score (nSPS) is 27.0. The topological polar surface area (TPSA) is 43.8 Å². The number of piperidine rings is 2. The number of hydrogen-bond donors (Lipinski definition) is 1. The first-order valence-corrected chi connectivity index (χ1v) is 9.36. The van der Waals surface area contributed by atoms with Gasteiger partial charge in [0.1, 0.15) is 0 Å². The van der Waals surface area contributed by atoms with Gasteiger partial charge in [0, 0.05) is 32.1 Å². The quantitative estimate of drug-likeness (QED) is 0.922. The van der Waals surface area contributed by atoms with Crippen LogP contribution in [0.4, 0.5) is 0 Å². The van der Waals surface area contributed by atoms with Gasteiger partial charge in [-0.1, -0.05) is 30.3 Å². The molecule has 0 aromatic heterocycles. The number of carbonyl (C=O) groups is 1. The molecule has 1 N–H and O–H groups in total. The van der Waals surface area contributed by atoms with Gasteiger partial charge in [-0.2, -0.15) is 0 Å². The monoisotopic (exact) mass is 330 g/mol. The fourth-order valence-corrected chi connectivity index (χ4v) is 4.10. The largest absolute Gasteiger partial charge is 0.393 e. The van der Waals surface area contributed by atoms with Gasteiger partial charge in [-0.05, 0) is 44.7 Å². The Morgan fingerprint density at radius 2 is 1.92 bits per heavy atom. The SMILES string of the molecule is CC(O)C1CCCN(C(=O)C2CCCN(Cc3ccccc3)C2)C1. The summed E-state index contributed by atoms with van der Waals surface area (Å²) in [7, 11) is 0. The Balaban J connectivity index is 1.56. The molecule has 3 atom stereocenters. The summed E-state index contributed by atoms with van der Waals surface area (Å²) in [6.07, 6.45) is 3.83. The molecule has 0 saturated carbocycles. The van der Waals surface area contributed by atoms with E-state index in [0.717, 1.165) is 58.4 Å². The van der Waals surface area contributed by atoms with Crippen LogP contribution in [0.5, 0.6) is 0 Å².